The van der Waals surface area contributed by atoms with Crippen LogP contribution in [0.15, 0.2) is 47.4 Å². The van der Waals surface area contributed by atoms with E-state index in [1.54, 1.807) is 12.1 Å². The third kappa shape index (κ3) is 6.32. The fourth-order valence-electron chi connectivity index (χ4n) is 4.95. The van der Waals surface area contributed by atoms with E-state index < -0.39 is 32.7 Å². The van der Waals surface area contributed by atoms with Gasteiger partial charge in [0.1, 0.15) is 16.7 Å². The number of carbonyl (C=O) groups is 2. The number of hydrogen-bond donors (Lipinski definition) is 2. The second kappa shape index (κ2) is 11.4. The first kappa shape index (κ1) is 26.7. The third-order valence-corrected chi connectivity index (χ3v) is 9.04. The molecule has 2 aromatic carbocycles. The van der Waals surface area contributed by atoms with Crippen LogP contribution in [0.1, 0.15) is 48.9 Å². The number of carbonyl (C=O) groups excluding carboxylic acids is 1. The summed E-state index contributed by atoms with van der Waals surface area (Å²) in [6, 6.07) is 10.8. The third-order valence-electron chi connectivity index (χ3n) is 6.90. The summed E-state index contributed by atoms with van der Waals surface area (Å²) in [6.07, 6.45) is 4.59. The minimum absolute atomic E-state index is 0.0968. The molecule has 0 radical (unpaired) electrons. The highest BCUT2D eigenvalue weighted by Gasteiger charge is 2.34. The molecule has 1 aliphatic heterocycles. The van der Waals surface area contributed by atoms with Crippen LogP contribution in [0.5, 0.6) is 5.75 Å². The van der Waals surface area contributed by atoms with E-state index in [0.717, 1.165) is 38.8 Å². The fraction of sp³-hybridized carbons (Fsp3) is 0.440. The molecule has 1 amide bonds. The Morgan fingerprint density at radius 2 is 1.61 bits per heavy atom. The Morgan fingerprint density at radius 3 is 2.25 bits per heavy atom. The second-order valence-corrected chi connectivity index (χ2v) is 11.7. The van der Waals surface area contributed by atoms with Gasteiger partial charge in [-0.25, -0.2) is 17.9 Å². The lowest BCUT2D eigenvalue weighted by Gasteiger charge is -2.40. The van der Waals surface area contributed by atoms with Gasteiger partial charge in [0.2, 0.25) is 5.91 Å². The molecule has 194 valence electrons. The topological polar surface area (TPSA) is 113 Å². The number of ether oxygens (including phenoxy) is 1. The van der Waals surface area contributed by atoms with Crippen molar-refractivity contribution >= 4 is 45.1 Å². The van der Waals surface area contributed by atoms with Gasteiger partial charge in [0.05, 0.1) is 15.6 Å². The molecule has 2 fully saturated rings. The summed E-state index contributed by atoms with van der Waals surface area (Å²) in [5.41, 5.74) is -0.368. The summed E-state index contributed by atoms with van der Waals surface area (Å²) in [4.78, 5) is 26.1. The van der Waals surface area contributed by atoms with Crippen LogP contribution in [0.2, 0.25) is 10.0 Å². The van der Waals surface area contributed by atoms with Crippen molar-refractivity contribution in [3.63, 3.8) is 0 Å². The molecule has 4 rings (SSSR count). The first-order valence-electron chi connectivity index (χ1n) is 11.9. The monoisotopic (exact) mass is 554 g/mol. The quantitative estimate of drug-likeness (QED) is 0.514. The van der Waals surface area contributed by atoms with Crippen LogP contribution in [0.25, 0.3) is 0 Å². The standard InChI is InChI=1S/C25H28Cl2N2O6S/c26-21-10-9-19(15-22(21)27)35-18-11-13-29(14-12-18)17-7-5-16(6-8-17)24(30)28-36(33,34)23-4-2-1-3-20(23)25(31)32/h1-4,9-10,15-18H,5-8,11-14H2,(H,28,30)(H,31,32). The number of benzene rings is 2. The van der Waals surface area contributed by atoms with Crippen LogP contribution >= 0.6 is 23.2 Å². The summed E-state index contributed by atoms with van der Waals surface area (Å²) < 4.78 is 33.5. The van der Waals surface area contributed by atoms with Crippen LogP contribution in [-0.2, 0) is 14.8 Å². The Bertz CT molecular complexity index is 1220. The number of likely N-dealkylation sites (tertiary alicyclic amines) is 1. The van der Waals surface area contributed by atoms with Crippen molar-refractivity contribution in [2.75, 3.05) is 13.1 Å². The lowest BCUT2D eigenvalue weighted by atomic mass is 9.84. The number of carboxylic acid groups (broad SMARTS) is 1. The minimum atomic E-state index is -4.28. The van der Waals surface area contributed by atoms with Crippen molar-refractivity contribution in [1.29, 1.82) is 0 Å². The Hall–Kier alpha value is -2.33. The highest BCUT2D eigenvalue weighted by Crippen LogP contribution is 2.32. The lowest BCUT2D eigenvalue weighted by molar-refractivity contribution is -0.124. The van der Waals surface area contributed by atoms with Gasteiger partial charge in [0.25, 0.3) is 10.0 Å². The Labute approximate surface area is 220 Å². The Morgan fingerprint density at radius 1 is 0.944 bits per heavy atom. The number of halogens is 2. The number of rotatable bonds is 7. The van der Waals surface area contributed by atoms with Crippen LogP contribution in [-0.4, -0.2) is 55.5 Å². The molecule has 1 aliphatic carbocycles. The summed E-state index contributed by atoms with van der Waals surface area (Å²) in [5, 5.41) is 10.2. The zero-order valence-corrected chi connectivity index (χ0v) is 21.9. The Balaban J connectivity index is 1.26. The molecule has 0 bridgehead atoms. The second-order valence-electron chi connectivity index (χ2n) is 9.21. The maximum atomic E-state index is 12.7. The fourth-order valence-corrected chi connectivity index (χ4v) is 6.49. The van der Waals surface area contributed by atoms with E-state index >= 15 is 0 Å². The van der Waals surface area contributed by atoms with Gasteiger partial charge < -0.3 is 14.7 Å². The van der Waals surface area contributed by atoms with Gasteiger partial charge in [0.15, 0.2) is 0 Å². The molecule has 0 spiro atoms. The molecule has 1 heterocycles. The van der Waals surface area contributed by atoms with Crippen molar-refractivity contribution in [2.24, 2.45) is 5.92 Å². The van der Waals surface area contributed by atoms with Crippen molar-refractivity contribution in [3.8, 4) is 5.75 Å². The van der Waals surface area contributed by atoms with Gasteiger partial charge >= 0.3 is 5.97 Å². The zero-order chi connectivity index (χ0) is 25.9. The van der Waals surface area contributed by atoms with E-state index in [9.17, 15) is 23.1 Å². The highest BCUT2D eigenvalue weighted by atomic mass is 35.5. The summed E-state index contributed by atoms with van der Waals surface area (Å²) in [7, 11) is -4.28. The summed E-state index contributed by atoms with van der Waals surface area (Å²) in [5.74, 6) is -1.67. The maximum Gasteiger partial charge on any atom is 0.337 e. The van der Waals surface area contributed by atoms with Gasteiger partial charge in [-0.05, 0) is 62.8 Å². The molecule has 1 saturated carbocycles. The van der Waals surface area contributed by atoms with E-state index in [-0.39, 0.29) is 11.7 Å². The molecule has 36 heavy (non-hydrogen) atoms. The summed E-state index contributed by atoms with van der Waals surface area (Å²) in [6.45, 7) is 1.77. The lowest BCUT2D eigenvalue weighted by Crippen LogP contribution is -2.46. The SMILES string of the molecule is O=C(O)c1ccccc1S(=O)(=O)NC(=O)C1CCC(N2CCC(Oc3ccc(Cl)c(Cl)c3)CC2)CC1. The normalized spacial score (nSPS) is 21.6. The van der Waals surface area contributed by atoms with Crippen molar-refractivity contribution in [1.82, 2.24) is 9.62 Å². The van der Waals surface area contributed by atoms with Gasteiger partial charge in [-0.15, -0.1) is 0 Å². The van der Waals surface area contributed by atoms with E-state index in [0.29, 0.717) is 34.7 Å². The molecule has 2 aliphatic rings. The predicted molar refractivity (Wildman–Crippen MR) is 136 cm³/mol. The zero-order valence-electron chi connectivity index (χ0n) is 19.5. The number of amides is 1. The van der Waals surface area contributed by atoms with E-state index in [1.807, 2.05) is 6.07 Å². The minimum Gasteiger partial charge on any atom is -0.490 e. The number of sulfonamides is 1. The molecule has 0 unspecified atom stereocenters. The molecule has 0 aromatic heterocycles. The molecule has 0 atom stereocenters. The number of nitrogens with one attached hydrogen (secondary N) is 1. The molecule has 2 N–H and O–H groups in total. The average Bonchev–Trinajstić information content (AvgIpc) is 2.86. The maximum absolute atomic E-state index is 12.7. The van der Waals surface area contributed by atoms with Crippen LogP contribution in [0.3, 0.4) is 0 Å². The van der Waals surface area contributed by atoms with Crippen molar-refractivity contribution in [2.45, 2.75) is 55.6 Å². The van der Waals surface area contributed by atoms with Gasteiger partial charge in [-0.2, -0.15) is 0 Å². The van der Waals surface area contributed by atoms with Crippen molar-refractivity contribution < 1.29 is 27.9 Å². The first-order chi connectivity index (χ1) is 17.1. The predicted octanol–water partition coefficient (Wildman–Crippen LogP) is 4.60. The number of hydrogen-bond acceptors (Lipinski definition) is 6. The number of piperidine rings is 1. The Kier molecular flexibility index (Phi) is 8.44. The molecule has 2 aromatic rings. The first-order valence-corrected chi connectivity index (χ1v) is 14.1. The summed E-state index contributed by atoms with van der Waals surface area (Å²) >= 11 is 12.0. The molecule has 1 saturated heterocycles. The van der Waals surface area contributed by atoms with Gasteiger partial charge in [-0.1, -0.05) is 35.3 Å². The molecular weight excluding hydrogens is 527 g/mol. The molecular formula is C25H28Cl2N2O6S. The highest BCUT2D eigenvalue weighted by molar-refractivity contribution is 7.90. The van der Waals surface area contributed by atoms with Gasteiger partial charge in [0, 0.05) is 31.1 Å². The molecule has 8 nitrogen and oxygen atoms in total. The van der Waals surface area contributed by atoms with E-state index in [2.05, 4.69) is 9.62 Å². The van der Waals surface area contributed by atoms with Crippen LogP contribution < -0.4 is 9.46 Å². The largest absolute Gasteiger partial charge is 0.490 e. The van der Waals surface area contributed by atoms with Crippen molar-refractivity contribution in [3.05, 3.63) is 58.1 Å². The van der Waals surface area contributed by atoms with E-state index in [4.69, 9.17) is 27.9 Å². The number of aromatic carboxylic acids is 1. The van der Waals surface area contributed by atoms with Gasteiger partial charge in [-0.3, -0.25) is 4.79 Å². The van der Waals surface area contributed by atoms with Crippen LogP contribution in [0, 0.1) is 5.92 Å². The number of nitrogens with zero attached hydrogens (tertiary/aromatic N) is 1. The average molecular weight is 555 g/mol. The number of carboxylic acids is 1. The smallest absolute Gasteiger partial charge is 0.337 e. The van der Waals surface area contributed by atoms with Crippen LogP contribution in [0.4, 0.5) is 0 Å². The van der Waals surface area contributed by atoms with E-state index in [1.165, 1.54) is 24.3 Å². The molecule has 11 heteroatoms.